The number of phenols is 1. The number of H-pyrrole nitrogens is 1. The number of aromatic nitrogens is 3. The van der Waals surface area contributed by atoms with E-state index >= 15 is 0 Å². The molecule has 0 radical (unpaired) electrons. The number of methoxy groups -OCH3 is 1. The van der Waals surface area contributed by atoms with E-state index in [4.69, 9.17) is 17.0 Å². The molecule has 0 aliphatic heterocycles. The Bertz CT molecular complexity index is 708. The predicted octanol–water partition coefficient (Wildman–Crippen LogP) is 2.86. The second-order valence-corrected chi connectivity index (χ2v) is 5.05. The molecular formula is C12H13BrN4O2S. The fraction of sp³-hybridized carbons (Fsp3) is 0.250. The van der Waals surface area contributed by atoms with Gasteiger partial charge in [0.05, 0.1) is 17.8 Å². The molecule has 0 fully saturated rings. The van der Waals surface area contributed by atoms with Gasteiger partial charge in [-0.2, -0.15) is 14.9 Å². The first-order valence-electron chi connectivity index (χ1n) is 5.84. The summed E-state index contributed by atoms with van der Waals surface area (Å²) in [5, 5.41) is 20.9. The molecule has 0 unspecified atom stereocenters. The Hall–Kier alpha value is -1.67. The molecule has 0 atom stereocenters. The molecule has 20 heavy (non-hydrogen) atoms. The van der Waals surface area contributed by atoms with Crippen molar-refractivity contribution in [3.05, 3.63) is 32.8 Å². The minimum atomic E-state index is 0.0305. The number of ether oxygens (including phenoxy) is 1. The number of hydrogen-bond acceptors (Lipinski definition) is 5. The number of benzene rings is 1. The Labute approximate surface area is 129 Å². The van der Waals surface area contributed by atoms with Gasteiger partial charge in [0, 0.05) is 12.0 Å². The van der Waals surface area contributed by atoms with Gasteiger partial charge in [-0.05, 0) is 40.3 Å². The lowest BCUT2D eigenvalue weighted by Gasteiger charge is -2.06. The Kier molecular flexibility index (Phi) is 4.56. The molecule has 1 aromatic carbocycles. The van der Waals surface area contributed by atoms with Gasteiger partial charge in [-0.3, -0.25) is 5.10 Å². The molecule has 0 aliphatic carbocycles. The highest BCUT2D eigenvalue weighted by Gasteiger charge is 2.09. The maximum absolute atomic E-state index is 9.91. The molecule has 0 aliphatic rings. The number of nitrogens with zero attached hydrogens (tertiary/aromatic N) is 3. The summed E-state index contributed by atoms with van der Waals surface area (Å²) in [6.45, 7) is 1.96. The summed E-state index contributed by atoms with van der Waals surface area (Å²) < 4.78 is 7.50. The van der Waals surface area contributed by atoms with Crippen LogP contribution in [0.2, 0.25) is 0 Å². The van der Waals surface area contributed by atoms with Crippen molar-refractivity contribution in [2.24, 2.45) is 5.10 Å². The summed E-state index contributed by atoms with van der Waals surface area (Å²) in [7, 11) is 1.49. The number of aromatic hydroxyl groups is 1. The van der Waals surface area contributed by atoms with Crippen LogP contribution in [0.1, 0.15) is 18.3 Å². The summed E-state index contributed by atoms with van der Waals surface area (Å²) in [6, 6.07) is 3.44. The number of halogens is 1. The highest BCUT2D eigenvalue weighted by molar-refractivity contribution is 9.10. The zero-order chi connectivity index (χ0) is 14.7. The van der Waals surface area contributed by atoms with Crippen LogP contribution in [0, 0.1) is 4.77 Å². The van der Waals surface area contributed by atoms with Crippen molar-refractivity contribution in [1.29, 1.82) is 0 Å². The Balaban J connectivity index is 2.39. The second kappa shape index (κ2) is 6.19. The van der Waals surface area contributed by atoms with Gasteiger partial charge in [0.2, 0.25) is 4.77 Å². The lowest BCUT2D eigenvalue weighted by Crippen LogP contribution is -1.98. The van der Waals surface area contributed by atoms with E-state index in [1.807, 2.05) is 6.92 Å². The molecule has 6 nitrogen and oxygen atoms in total. The van der Waals surface area contributed by atoms with Gasteiger partial charge in [0.25, 0.3) is 0 Å². The molecule has 106 valence electrons. The van der Waals surface area contributed by atoms with Crippen LogP contribution in [0.25, 0.3) is 0 Å². The quantitative estimate of drug-likeness (QED) is 0.652. The zero-order valence-electron chi connectivity index (χ0n) is 10.9. The van der Waals surface area contributed by atoms with E-state index in [9.17, 15) is 5.11 Å². The number of nitrogens with one attached hydrogen (secondary N) is 1. The van der Waals surface area contributed by atoms with Gasteiger partial charge in [-0.15, -0.1) is 0 Å². The first-order chi connectivity index (χ1) is 9.58. The molecule has 0 saturated heterocycles. The standard InChI is InChI=1S/C12H13BrN4O2S/c1-3-9-15-16-12(20)17(9)14-6-7-4-5-8(19-2)11(18)10(7)13/h4-6,18H,3H2,1-2H3,(H,16,20)/b14-6+. The van der Waals surface area contributed by atoms with Crippen LogP contribution in [0.3, 0.4) is 0 Å². The van der Waals surface area contributed by atoms with Gasteiger partial charge in [0.1, 0.15) is 0 Å². The van der Waals surface area contributed by atoms with Gasteiger partial charge < -0.3 is 9.84 Å². The van der Waals surface area contributed by atoms with Crippen LogP contribution in [-0.4, -0.2) is 33.3 Å². The van der Waals surface area contributed by atoms with Crippen LogP contribution < -0.4 is 4.74 Å². The van der Waals surface area contributed by atoms with Crippen LogP contribution >= 0.6 is 28.1 Å². The summed E-state index contributed by atoms with van der Waals surface area (Å²) in [4.78, 5) is 0. The van der Waals surface area contributed by atoms with E-state index in [0.29, 0.717) is 27.0 Å². The van der Waals surface area contributed by atoms with Gasteiger partial charge in [0.15, 0.2) is 17.3 Å². The molecule has 1 aromatic heterocycles. The monoisotopic (exact) mass is 356 g/mol. The minimum absolute atomic E-state index is 0.0305. The molecule has 0 saturated carbocycles. The lowest BCUT2D eigenvalue weighted by molar-refractivity contribution is 0.372. The zero-order valence-corrected chi connectivity index (χ0v) is 13.3. The number of phenolic OH excluding ortho intramolecular Hbond substituents is 1. The summed E-state index contributed by atoms with van der Waals surface area (Å²) >= 11 is 8.41. The first-order valence-corrected chi connectivity index (χ1v) is 7.04. The van der Waals surface area contributed by atoms with Crippen LogP contribution in [0.4, 0.5) is 0 Å². The topological polar surface area (TPSA) is 75.4 Å². The largest absolute Gasteiger partial charge is 0.503 e. The summed E-state index contributed by atoms with van der Waals surface area (Å²) in [5.41, 5.74) is 0.702. The molecule has 2 aromatic rings. The van der Waals surface area contributed by atoms with Gasteiger partial charge in [-0.25, -0.2) is 0 Å². The number of rotatable bonds is 4. The van der Waals surface area contributed by atoms with E-state index in [-0.39, 0.29) is 5.75 Å². The minimum Gasteiger partial charge on any atom is -0.503 e. The smallest absolute Gasteiger partial charge is 0.216 e. The lowest BCUT2D eigenvalue weighted by atomic mass is 10.2. The van der Waals surface area contributed by atoms with Crippen molar-refractivity contribution < 1.29 is 9.84 Å². The van der Waals surface area contributed by atoms with E-state index in [2.05, 4.69) is 31.2 Å². The van der Waals surface area contributed by atoms with E-state index < -0.39 is 0 Å². The van der Waals surface area contributed by atoms with E-state index in [1.165, 1.54) is 7.11 Å². The maximum Gasteiger partial charge on any atom is 0.216 e. The van der Waals surface area contributed by atoms with Crippen LogP contribution in [0.5, 0.6) is 11.5 Å². The van der Waals surface area contributed by atoms with Crippen molar-refractivity contribution in [2.45, 2.75) is 13.3 Å². The normalized spacial score (nSPS) is 11.2. The molecule has 2 rings (SSSR count). The van der Waals surface area contributed by atoms with E-state index in [1.54, 1.807) is 23.0 Å². The van der Waals surface area contributed by atoms with Crippen molar-refractivity contribution in [2.75, 3.05) is 7.11 Å². The molecular weight excluding hydrogens is 344 g/mol. The number of aromatic amines is 1. The average Bonchev–Trinajstić information content (AvgIpc) is 2.81. The highest BCUT2D eigenvalue weighted by Crippen LogP contribution is 2.35. The highest BCUT2D eigenvalue weighted by atomic mass is 79.9. The molecule has 1 heterocycles. The third kappa shape index (κ3) is 2.75. The predicted molar refractivity (Wildman–Crippen MR) is 82.1 cm³/mol. The molecule has 2 N–H and O–H groups in total. The molecule has 0 spiro atoms. The Morgan fingerprint density at radius 2 is 2.35 bits per heavy atom. The first kappa shape index (κ1) is 14.7. The maximum atomic E-state index is 9.91. The molecule has 8 heteroatoms. The molecule has 0 bridgehead atoms. The number of hydrogen-bond donors (Lipinski definition) is 2. The fourth-order valence-corrected chi connectivity index (χ4v) is 2.25. The van der Waals surface area contributed by atoms with Gasteiger partial charge >= 0.3 is 0 Å². The fourth-order valence-electron chi connectivity index (χ4n) is 1.62. The SMILES string of the molecule is CCc1n[nH]c(=S)n1/N=C/c1ccc(OC)c(O)c1Br. The third-order valence-corrected chi connectivity index (χ3v) is 3.77. The van der Waals surface area contributed by atoms with Crippen molar-refractivity contribution >= 4 is 34.4 Å². The summed E-state index contributed by atoms with van der Waals surface area (Å²) in [5.74, 6) is 1.16. The van der Waals surface area contributed by atoms with Crippen molar-refractivity contribution in [3.8, 4) is 11.5 Å². The van der Waals surface area contributed by atoms with Crippen molar-refractivity contribution in [3.63, 3.8) is 0 Å². The van der Waals surface area contributed by atoms with Crippen molar-refractivity contribution in [1.82, 2.24) is 14.9 Å². The Morgan fingerprint density at radius 1 is 1.60 bits per heavy atom. The summed E-state index contributed by atoms with van der Waals surface area (Å²) in [6.07, 6.45) is 2.30. The number of aryl methyl sites for hydroxylation is 1. The van der Waals surface area contributed by atoms with Crippen LogP contribution in [0.15, 0.2) is 21.7 Å². The van der Waals surface area contributed by atoms with Crippen LogP contribution in [-0.2, 0) is 6.42 Å². The van der Waals surface area contributed by atoms with Gasteiger partial charge in [-0.1, -0.05) is 6.92 Å². The molecule has 0 amide bonds. The second-order valence-electron chi connectivity index (χ2n) is 3.87. The third-order valence-electron chi connectivity index (χ3n) is 2.67. The Morgan fingerprint density at radius 3 is 3.00 bits per heavy atom. The van der Waals surface area contributed by atoms with E-state index in [0.717, 1.165) is 5.82 Å². The average molecular weight is 357 g/mol.